The normalized spacial score (nSPS) is 12.4. The number of hydrogen-bond donors (Lipinski definition) is 7. The number of ether oxygens (including phenoxy) is 10. The van der Waals surface area contributed by atoms with Crippen molar-refractivity contribution in [3.05, 3.63) is 41.7 Å². The highest BCUT2D eigenvalue weighted by molar-refractivity contribution is 5.97. The van der Waals surface area contributed by atoms with E-state index in [-0.39, 0.29) is 49.7 Å². The molecule has 8 N–H and O–H groups in total. The Hall–Kier alpha value is -4.93. The number of benzene rings is 1. The highest BCUT2D eigenvalue weighted by atomic mass is 16.6. The first kappa shape index (κ1) is 65.2. The number of primary amides is 1. The van der Waals surface area contributed by atoms with E-state index < -0.39 is 42.4 Å². The van der Waals surface area contributed by atoms with E-state index in [0.717, 1.165) is 13.0 Å². The molecule has 2 atom stereocenters. The lowest BCUT2D eigenvalue weighted by molar-refractivity contribution is -0.131. The van der Waals surface area contributed by atoms with Gasteiger partial charge < -0.3 is 79.6 Å². The monoisotopic (exact) mass is 1060 g/mol. The third kappa shape index (κ3) is 35.3. The van der Waals surface area contributed by atoms with Crippen molar-refractivity contribution in [1.82, 2.24) is 36.4 Å². The van der Waals surface area contributed by atoms with Crippen LogP contribution >= 0.6 is 0 Å². The third-order valence-corrected chi connectivity index (χ3v) is 10.4. The molecule has 0 saturated heterocycles. The molecule has 1 aromatic carbocycles. The molecular formula is C49H85N9O16. The molecule has 25 nitrogen and oxygen atoms in total. The molecular weight excluding hydrogens is 971 g/mol. The van der Waals surface area contributed by atoms with Crippen LogP contribution in [-0.4, -0.2) is 188 Å². The van der Waals surface area contributed by atoms with Gasteiger partial charge in [-0.05, 0) is 48.3 Å². The van der Waals surface area contributed by atoms with E-state index in [0.29, 0.717) is 142 Å². The average molecular weight is 1060 g/mol. The van der Waals surface area contributed by atoms with Gasteiger partial charge in [-0.3, -0.25) is 14.4 Å². The summed E-state index contributed by atoms with van der Waals surface area (Å²) in [5, 5.41) is 27.5. The van der Waals surface area contributed by atoms with Crippen LogP contribution < -0.4 is 32.5 Å². The van der Waals surface area contributed by atoms with Gasteiger partial charge in [0.25, 0.3) is 0 Å². The topological polar surface area (TPSA) is 315 Å². The summed E-state index contributed by atoms with van der Waals surface area (Å²) in [6, 6.07) is 5.03. The zero-order valence-corrected chi connectivity index (χ0v) is 44.2. The van der Waals surface area contributed by atoms with Gasteiger partial charge in [0.05, 0.1) is 144 Å². The van der Waals surface area contributed by atoms with Crippen LogP contribution in [0.3, 0.4) is 0 Å². The van der Waals surface area contributed by atoms with Crippen LogP contribution in [-0.2, 0) is 81.4 Å². The first-order valence-corrected chi connectivity index (χ1v) is 25.3. The molecule has 25 heteroatoms. The van der Waals surface area contributed by atoms with Gasteiger partial charge in [0, 0.05) is 31.2 Å². The van der Waals surface area contributed by atoms with Crippen LogP contribution in [0.25, 0.3) is 0 Å². The molecule has 2 rings (SSSR count). The number of nitrogens with one attached hydrogen (secondary N) is 5. The molecule has 0 aliphatic heterocycles. The Morgan fingerprint density at radius 3 is 1.68 bits per heavy atom. The second kappa shape index (κ2) is 41.3. The summed E-state index contributed by atoms with van der Waals surface area (Å²) in [5.41, 5.74) is 8.81. The number of Topliss-reactive ketones (excluding diaryl/α,β-unsaturated/α-hetero) is 1. The molecule has 5 amide bonds. The molecule has 0 fully saturated rings. The van der Waals surface area contributed by atoms with E-state index in [4.69, 9.17) is 58.3 Å². The summed E-state index contributed by atoms with van der Waals surface area (Å²) in [6.45, 7) is 19.2. The highest BCUT2D eigenvalue weighted by Crippen LogP contribution is 2.20. The third-order valence-electron chi connectivity index (χ3n) is 10.4. The van der Waals surface area contributed by atoms with Crippen molar-refractivity contribution < 1.29 is 76.5 Å². The van der Waals surface area contributed by atoms with Crippen molar-refractivity contribution in [2.45, 2.75) is 86.0 Å². The molecule has 0 saturated carbocycles. The lowest BCUT2D eigenvalue weighted by Crippen LogP contribution is -2.48. The summed E-state index contributed by atoms with van der Waals surface area (Å²) >= 11 is 0. The maximum Gasteiger partial charge on any atom is 0.407 e. The number of hydrogen-bond acceptors (Lipinski definition) is 19. The number of aromatic nitrogens is 3. The molecule has 0 aliphatic carbocycles. The molecule has 0 aliphatic rings. The number of nitrogens with zero attached hydrogens (tertiary/aromatic N) is 3. The summed E-state index contributed by atoms with van der Waals surface area (Å²) in [6.07, 6.45) is 2.48. The van der Waals surface area contributed by atoms with Crippen molar-refractivity contribution >= 4 is 35.4 Å². The first-order chi connectivity index (χ1) is 35.7. The second-order valence-electron chi connectivity index (χ2n) is 18.3. The van der Waals surface area contributed by atoms with Crippen LogP contribution in [0.4, 0.5) is 15.3 Å². The smallest absolute Gasteiger partial charge is 0.407 e. The van der Waals surface area contributed by atoms with E-state index in [1.807, 2.05) is 0 Å². The highest BCUT2D eigenvalue weighted by Gasteiger charge is 2.29. The van der Waals surface area contributed by atoms with Gasteiger partial charge in [-0.2, -0.15) is 5.48 Å². The van der Waals surface area contributed by atoms with Crippen LogP contribution in [0.5, 0.6) is 0 Å². The SMILES string of the molecule is CC(C)[C@H](NC(=O)CNO)C(=O)C[C@@H](CCCNC(N)=O)C(=O)Nc1ccc(COC(=O)NCc2cn(CCOCCOCCOCCOCCOCCOCCOCCOCCOCCC(C)(C)C)nn2)cc1. The zero-order chi connectivity index (χ0) is 54.1. The minimum atomic E-state index is -0.883. The van der Waals surface area contributed by atoms with Crippen LogP contribution in [0.1, 0.15) is 71.6 Å². The Balaban J connectivity index is 1.47. The van der Waals surface area contributed by atoms with Gasteiger partial charge in [0.2, 0.25) is 11.8 Å². The van der Waals surface area contributed by atoms with Gasteiger partial charge in [-0.15, -0.1) is 5.10 Å². The lowest BCUT2D eigenvalue weighted by Gasteiger charge is -2.24. The molecule has 74 heavy (non-hydrogen) atoms. The molecule has 0 radical (unpaired) electrons. The first-order valence-electron chi connectivity index (χ1n) is 25.3. The Labute approximate surface area is 435 Å². The predicted molar refractivity (Wildman–Crippen MR) is 270 cm³/mol. The summed E-state index contributed by atoms with van der Waals surface area (Å²) in [7, 11) is 0. The molecule has 0 bridgehead atoms. The number of alkyl carbamates (subject to hydrolysis) is 1. The summed E-state index contributed by atoms with van der Waals surface area (Å²) < 4.78 is 56.7. The van der Waals surface area contributed by atoms with Gasteiger partial charge in [-0.1, -0.05) is 52.0 Å². The van der Waals surface area contributed by atoms with Gasteiger partial charge in [-0.25, -0.2) is 14.3 Å². The maximum atomic E-state index is 13.4. The van der Waals surface area contributed by atoms with E-state index in [2.05, 4.69) is 52.4 Å². The lowest BCUT2D eigenvalue weighted by atomic mass is 9.89. The molecule has 1 heterocycles. The Kier molecular flexibility index (Phi) is 36.4. The largest absolute Gasteiger partial charge is 0.445 e. The van der Waals surface area contributed by atoms with E-state index in [9.17, 15) is 24.0 Å². The standard InChI is InChI=1S/C49H85N9O16/c1-38(2)45(55-44(60)35-53-64)43(59)33-40(7-6-13-51-47(50)62)46(61)54-41-10-8-39(9-11-41)37-74-48(63)52-34-42-36-58(57-56-42)14-16-66-18-20-68-22-24-70-26-28-72-30-32-73-31-29-71-27-25-69-23-21-67-19-17-65-15-12-49(3,4)5/h8-11,36,38,40,45,53,64H,6-7,12-35,37H2,1-5H3,(H,52,63)(H,54,61)(H,55,60)(H3,50,51,62)/t40-,45+/m1/s1. The fourth-order valence-corrected chi connectivity index (χ4v) is 6.39. The van der Waals surface area contributed by atoms with E-state index in [1.54, 1.807) is 54.5 Å². The number of ketones is 1. The maximum absolute atomic E-state index is 13.4. The van der Waals surface area contributed by atoms with Gasteiger partial charge >= 0.3 is 12.1 Å². The summed E-state index contributed by atoms with van der Waals surface area (Å²) in [4.78, 5) is 62.3. The molecule has 2 aromatic rings. The van der Waals surface area contributed by atoms with Crippen LogP contribution in [0.2, 0.25) is 0 Å². The van der Waals surface area contributed by atoms with Gasteiger partial charge in [0.15, 0.2) is 5.78 Å². The minimum absolute atomic E-state index is 0.0474. The Morgan fingerprint density at radius 2 is 1.20 bits per heavy atom. The molecule has 0 spiro atoms. The van der Waals surface area contributed by atoms with Crippen molar-refractivity contribution in [2.24, 2.45) is 23.0 Å². The molecule has 422 valence electrons. The van der Waals surface area contributed by atoms with Crippen molar-refractivity contribution in [3.63, 3.8) is 0 Å². The number of hydroxylamine groups is 1. The van der Waals surface area contributed by atoms with Crippen molar-refractivity contribution in [1.29, 1.82) is 0 Å². The van der Waals surface area contributed by atoms with E-state index in [1.165, 1.54) is 0 Å². The predicted octanol–water partition coefficient (Wildman–Crippen LogP) is 2.37. The van der Waals surface area contributed by atoms with Crippen LogP contribution in [0, 0.1) is 17.3 Å². The van der Waals surface area contributed by atoms with E-state index >= 15 is 0 Å². The minimum Gasteiger partial charge on any atom is -0.445 e. The summed E-state index contributed by atoms with van der Waals surface area (Å²) in [5.74, 6) is -2.45. The fraction of sp³-hybridized carbons (Fsp3) is 0.735. The number of carbonyl (C=O) groups is 5. The second-order valence-corrected chi connectivity index (χ2v) is 18.3. The number of amides is 5. The number of carbonyl (C=O) groups excluding carboxylic acids is 5. The number of anilines is 1. The van der Waals surface area contributed by atoms with Crippen molar-refractivity contribution in [2.75, 3.05) is 137 Å². The van der Waals surface area contributed by atoms with Crippen molar-refractivity contribution in [3.8, 4) is 0 Å². The number of nitrogens with two attached hydrogens (primary N) is 1. The Bertz CT molecular complexity index is 1800. The molecule has 0 unspecified atom stereocenters. The van der Waals surface area contributed by atoms with Gasteiger partial charge in [0.1, 0.15) is 12.3 Å². The quantitative estimate of drug-likeness (QED) is 0.0370. The number of rotatable bonds is 46. The Morgan fingerprint density at radius 1 is 0.703 bits per heavy atom. The fourth-order valence-electron chi connectivity index (χ4n) is 6.39. The molecule has 1 aromatic heterocycles. The number of urea groups is 1. The van der Waals surface area contributed by atoms with Crippen LogP contribution in [0.15, 0.2) is 30.5 Å². The zero-order valence-electron chi connectivity index (χ0n) is 44.2. The average Bonchev–Trinajstić information content (AvgIpc) is 3.82.